The molecule has 1 aromatic rings. The van der Waals surface area contributed by atoms with E-state index in [2.05, 4.69) is 5.32 Å². The van der Waals surface area contributed by atoms with Crippen LogP contribution in [-0.2, 0) is 9.59 Å². The van der Waals surface area contributed by atoms with Gasteiger partial charge in [-0.3, -0.25) is 9.59 Å². The molecule has 0 bridgehead atoms. The standard InChI is InChI=1S/C16H23N3O2/c1-12-7-3-4-8-13(12)18-14(16(17)21)11-15(20)19-9-5-2-6-10-19/h3-4,7-8,14,18H,2,5-6,9-11H2,1H3,(H2,17,21). The average molecular weight is 289 g/mol. The SMILES string of the molecule is Cc1ccccc1NC(CC(=O)N1CCCCC1)C(N)=O. The van der Waals surface area contributed by atoms with Crippen LogP contribution in [0.4, 0.5) is 5.69 Å². The van der Waals surface area contributed by atoms with E-state index in [-0.39, 0.29) is 12.3 Å². The molecule has 2 rings (SSSR count). The number of para-hydroxylation sites is 1. The highest BCUT2D eigenvalue weighted by Gasteiger charge is 2.24. The second-order valence-corrected chi connectivity index (χ2v) is 5.56. The molecule has 114 valence electrons. The molecule has 1 aliphatic heterocycles. The first-order valence-electron chi connectivity index (χ1n) is 7.47. The van der Waals surface area contributed by atoms with Gasteiger partial charge >= 0.3 is 0 Å². The summed E-state index contributed by atoms with van der Waals surface area (Å²) in [6, 6.07) is 6.99. The Morgan fingerprint density at radius 2 is 1.90 bits per heavy atom. The van der Waals surface area contributed by atoms with Crippen molar-refractivity contribution in [1.82, 2.24) is 4.90 Å². The predicted molar refractivity (Wildman–Crippen MR) is 82.8 cm³/mol. The van der Waals surface area contributed by atoms with Crippen molar-refractivity contribution in [2.24, 2.45) is 5.73 Å². The summed E-state index contributed by atoms with van der Waals surface area (Å²) >= 11 is 0. The number of amides is 2. The number of anilines is 1. The van der Waals surface area contributed by atoms with Crippen LogP contribution in [0.5, 0.6) is 0 Å². The van der Waals surface area contributed by atoms with Crippen molar-refractivity contribution in [2.45, 2.75) is 38.6 Å². The lowest BCUT2D eigenvalue weighted by atomic mass is 10.1. The van der Waals surface area contributed by atoms with Gasteiger partial charge in [0.05, 0.1) is 6.42 Å². The summed E-state index contributed by atoms with van der Waals surface area (Å²) in [7, 11) is 0. The molecular formula is C16H23N3O2. The van der Waals surface area contributed by atoms with E-state index in [9.17, 15) is 9.59 Å². The van der Waals surface area contributed by atoms with E-state index in [0.29, 0.717) is 0 Å². The third kappa shape index (κ3) is 4.21. The van der Waals surface area contributed by atoms with E-state index in [4.69, 9.17) is 5.73 Å². The van der Waals surface area contributed by atoms with Crippen LogP contribution in [0.1, 0.15) is 31.2 Å². The zero-order valence-electron chi connectivity index (χ0n) is 12.5. The summed E-state index contributed by atoms with van der Waals surface area (Å²) in [6.07, 6.45) is 3.37. The fourth-order valence-electron chi connectivity index (χ4n) is 2.59. The molecule has 21 heavy (non-hydrogen) atoms. The van der Waals surface area contributed by atoms with E-state index in [1.165, 1.54) is 6.42 Å². The van der Waals surface area contributed by atoms with Crippen LogP contribution in [0.15, 0.2) is 24.3 Å². The van der Waals surface area contributed by atoms with Crippen molar-refractivity contribution in [3.63, 3.8) is 0 Å². The normalized spacial score (nSPS) is 16.3. The fraction of sp³-hybridized carbons (Fsp3) is 0.500. The van der Waals surface area contributed by atoms with E-state index >= 15 is 0 Å². The van der Waals surface area contributed by atoms with Gasteiger partial charge in [-0.05, 0) is 37.8 Å². The van der Waals surface area contributed by atoms with E-state index < -0.39 is 11.9 Å². The Labute approximate surface area is 125 Å². The number of carbonyl (C=O) groups excluding carboxylic acids is 2. The van der Waals surface area contributed by atoms with Gasteiger partial charge in [0.1, 0.15) is 6.04 Å². The minimum Gasteiger partial charge on any atom is -0.373 e. The highest BCUT2D eigenvalue weighted by Crippen LogP contribution is 2.17. The van der Waals surface area contributed by atoms with Gasteiger partial charge in [-0.1, -0.05) is 18.2 Å². The van der Waals surface area contributed by atoms with E-state index in [1.807, 2.05) is 36.1 Å². The van der Waals surface area contributed by atoms with Crippen LogP contribution in [-0.4, -0.2) is 35.8 Å². The van der Waals surface area contributed by atoms with E-state index in [1.54, 1.807) is 0 Å². The monoisotopic (exact) mass is 289 g/mol. The molecule has 1 aliphatic rings. The number of benzene rings is 1. The Morgan fingerprint density at radius 1 is 1.24 bits per heavy atom. The fourth-order valence-corrected chi connectivity index (χ4v) is 2.59. The van der Waals surface area contributed by atoms with Crippen molar-refractivity contribution in [1.29, 1.82) is 0 Å². The second kappa shape index (κ2) is 7.11. The first-order chi connectivity index (χ1) is 10.1. The van der Waals surface area contributed by atoms with Crippen molar-refractivity contribution in [2.75, 3.05) is 18.4 Å². The Morgan fingerprint density at radius 3 is 2.52 bits per heavy atom. The molecule has 1 aromatic carbocycles. The van der Waals surface area contributed by atoms with Crippen molar-refractivity contribution in [3.8, 4) is 0 Å². The Hall–Kier alpha value is -2.04. The Bertz CT molecular complexity index is 510. The number of rotatable bonds is 5. The molecule has 0 saturated carbocycles. The van der Waals surface area contributed by atoms with Crippen molar-refractivity contribution in [3.05, 3.63) is 29.8 Å². The number of primary amides is 1. The minimum absolute atomic E-state index is 0.000385. The molecule has 1 unspecified atom stereocenters. The zero-order valence-corrected chi connectivity index (χ0v) is 12.5. The van der Waals surface area contributed by atoms with Crippen LogP contribution >= 0.6 is 0 Å². The highest BCUT2D eigenvalue weighted by atomic mass is 16.2. The molecular weight excluding hydrogens is 266 g/mol. The molecule has 0 aromatic heterocycles. The number of piperidine rings is 1. The van der Waals surface area contributed by atoms with Gasteiger partial charge in [-0.2, -0.15) is 0 Å². The summed E-state index contributed by atoms with van der Waals surface area (Å²) < 4.78 is 0. The molecule has 5 heteroatoms. The van der Waals surface area contributed by atoms with Crippen LogP contribution in [0.3, 0.4) is 0 Å². The van der Waals surface area contributed by atoms with Crippen molar-refractivity contribution < 1.29 is 9.59 Å². The average Bonchev–Trinajstić information content (AvgIpc) is 2.49. The number of aryl methyl sites for hydroxylation is 1. The number of carbonyl (C=O) groups is 2. The number of nitrogens with zero attached hydrogens (tertiary/aromatic N) is 1. The lowest BCUT2D eigenvalue weighted by Crippen LogP contribution is -2.43. The molecule has 2 amide bonds. The molecule has 1 fully saturated rings. The topological polar surface area (TPSA) is 75.4 Å². The number of hydrogen-bond donors (Lipinski definition) is 2. The maximum absolute atomic E-state index is 12.3. The zero-order chi connectivity index (χ0) is 15.2. The largest absolute Gasteiger partial charge is 0.373 e. The van der Waals surface area contributed by atoms with Gasteiger partial charge in [-0.25, -0.2) is 0 Å². The third-order valence-corrected chi connectivity index (χ3v) is 3.91. The summed E-state index contributed by atoms with van der Waals surface area (Å²) in [5, 5.41) is 3.09. The van der Waals surface area contributed by atoms with Gasteiger partial charge < -0.3 is 16.0 Å². The summed E-state index contributed by atoms with van der Waals surface area (Å²) in [5.74, 6) is -0.497. The lowest BCUT2D eigenvalue weighted by Gasteiger charge is -2.28. The number of likely N-dealkylation sites (tertiary alicyclic amines) is 1. The van der Waals surface area contributed by atoms with Crippen LogP contribution in [0.25, 0.3) is 0 Å². The Balaban J connectivity index is 2.00. The van der Waals surface area contributed by atoms with Crippen LogP contribution in [0.2, 0.25) is 0 Å². The molecule has 3 N–H and O–H groups in total. The van der Waals surface area contributed by atoms with Crippen molar-refractivity contribution >= 4 is 17.5 Å². The Kier molecular flexibility index (Phi) is 5.20. The van der Waals surface area contributed by atoms with Gasteiger partial charge in [0.2, 0.25) is 11.8 Å². The van der Waals surface area contributed by atoms with Crippen LogP contribution < -0.4 is 11.1 Å². The molecule has 1 atom stereocenters. The summed E-state index contributed by atoms with van der Waals surface area (Å²) in [6.45, 7) is 3.52. The lowest BCUT2D eigenvalue weighted by molar-refractivity contribution is -0.134. The molecule has 0 spiro atoms. The van der Waals surface area contributed by atoms with Gasteiger partial charge in [0.25, 0.3) is 0 Å². The second-order valence-electron chi connectivity index (χ2n) is 5.56. The maximum atomic E-state index is 12.3. The quantitative estimate of drug-likeness (QED) is 0.865. The molecule has 5 nitrogen and oxygen atoms in total. The predicted octanol–water partition coefficient (Wildman–Crippen LogP) is 1.66. The van der Waals surface area contributed by atoms with E-state index in [0.717, 1.165) is 37.2 Å². The third-order valence-electron chi connectivity index (χ3n) is 3.91. The molecule has 1 heterocycles. The maximum Gasteiger partial charge on any atom is 0.240 e. The highest BCUT2D eigenvalue weighted by molar-refractivity contribution is 5.89. The number of hydrogen-bond acceptors (Lipinski definition) is 3. The first kappa shape index (κ1) is 15.4. The summed E-state index contributed by atoms with van der Waals surface area (Å²) in [5.41, 5.74) is 7.30. The molecule has 1 saturated heterocycles. The van der Waals surface area contributed by atoms with Gasteiger partial charge in [0, 0.05) is 18.8 Å². The first-order valence-corrected chi connectivity index (χ1v) is 7.47. The molecule has 0 radical (unpaired) electrons. The minimum atomic E-state index is -0.666. The number of nitrogens with one attached hydrogen (secondary N) is 1. The molecule has 0 aliphatic carbocycles. The van der Waals surface area contributed by atoms with Gasteiger partial charge in [0.15, 0.2) is 0 Å². The smallest absolute Gasteiger partial charge is 0.240 e. The van der Waals surface area contributed by atoms with Gasteiger partial charge in [-0.15, -0.1) is 0 Å². The number of nitrogens with two attached hydrogens (primary N) is 1. The summed E-state index contributed by atoms with van der Waals surface area (Å²) in [4.78, 5) is 25.7. The van der Waals surface area contributed by atoms with Crippen LogP contribution in [0, 0.1) is 6.92 Å².